The molecule has 2 unspecified atom stereocenters. The summed E-state index contributed by atoms with van der Waals surface area (Å²) in [5.74, 6) is 1.63. The highest BCUT2D eigenvalue weighted by atomic mass is 15.1. The fourth-order valence-electron chi connectivity index (χ4n) is 2.58. The second-order valence-corrected chi connectivity index (χ2v) is 5.98. The zero-order valence-corrected chi connectivity index (χ0v) is 14.3. The lowest BCUT2D eigenvalue weighted by molar-refractivity contribution is 0.187. The highest BCUT2D eigenvalue weighted by Crippen LogP contribution is 2.13. The van der Waals surface area contributed by atoms with E-state index in [0.29, 0.717) is 6.04 Å². The lowest BCUT2D eigenvalue weighted by Crippen LogP contribution is -2.46. The van der Waals surface area contributed by atoms with Crippen LogP contribution in [0.3, 0.4) is 0 Å². The zero-order valence-electron chi connectivity index (χ0n) is 14.3. The van der Waals surface area contributed by atoms with Gasteiger partial charge in [0.2, 0.25) is 0 Å². The van der Waals surface area contributed by atoms with Crippen LogP contribution in [0, 0.1) is 11.8 Å². The zero-order chi connectivity index (χ0) is 14.7. The van der Waals surface area contributed by atoms with Crippen molar-refractivity contribution in [2.75, 3.05) is 26.2 Å². The topological polar surface area (TPSA) is 15.3 Å². The lowest BCUT2D eigenvalue weighted by atomic mass is 9.97. The van der Waals surface area contributed by atoms with Gasteiger partial charge in [-0.25, -0.2) is 0 Å². The van der Waals surface area contributed by atoms with Gasteiger partial charge in [-0.2, -0.15) is 0 Å². The van der Waals surface area contributed by atoms with E-state index in [0.717, 1.165) is 18.4 Å². The van der Waals surface area contributed by atoms with Crippen LogP contribution < -0.4 is 5.32 Å². The van der Waals surface area contributed by atoms with Crippen LogP contribution in [0.4, 0.5) is 0 Å². The maximum atomic E-state index is 3.75. The first kappa shape index (κ1) is 18.9. The Labute approximate surface area is 122 Å². The highest BCUT2D eigenvalue weighted by Gasteiger charge is 2.19. The molecule has 0 rings (SSSR count). The third kappa shape index (κ3) is 7.94. The molecule has 2 heteroatoms. The quantitative estimate of drug-likeness (QED) is 0.573. The Hall–Kier alpha value is -0.0800. The van der Waals surface area contributed by atoms with Gasteiger partial charge in [0.25, 0.3) is 0 Å². The minimum atomic E-state index is 0.652. The van der Waals surface area contributed by atoms with Crippen molar-refractivity contribution in [3.63, 3.8) is 0 Å². The summed E-state index contributed by atoms with van der Waals surface area (Å²) in [4.78, 5) is 2.65. The minimum absolute atomic E-state index is 0.652. The molecule has 0 fully saturated rings. The maximum absolute atomic E-state index is 3.75. The van der Waals surface area contributed by atoms with Gasteiger partial charge >= 0.3 is 0 Å². The lowest BCUT2D eigenvalue weighted by Gasteiger charge is -2.32. The van der Waals surface area contributed by atoms with E-state index in [1.54, 1.807) is 0 Å². The molecule has 116 valence electrons. The van der Waals surface area contributed by atoms with Gasteiger partial charge < -0.3 is 10.2 Å². The van der Waals surface area contributed by atoms with Gasteiger partial charge in [0.1, 0.15) is 0 Å². The van der Waals surface area contributed by atoms with Crippen molar-refractivity contribution in [2.45, 2.75) is 73.3 Å². The van der Waals surface area contributed by atoms with Crippen LogP contribution >= 0.6 is 0 Å². The number of rotatable bonds is 12. The summed E-state index contributed by atoms with van der Waals surface area (Å²) in [6, 6.07) is 0.652. The van der Waals surface area contributed by atoms with Gasteiger partial charge in [-0.15, -0.1) is 0 Å². The van der Waals surface area contributed by atoms with Crippen molar-refractivity contribution in [1.82, 2.24) is 10.2 Å². The summed E-state index contributed by atoms with van der Waals surface area (Å²) in [5, 5.41) is 3.75. The Morgan fingerprint density at radius 3 is 1.95 bits per heavy atom. The average Bonchev–Trinajstić information content (AvgIpc) is 2.45. The van der Waals surface area contributed by atoms with E-state index in [4.69, 9.17) is 0 Å². The van der Waals surface area contributed by atoms with Crippen LogP contribution in [-0.2, 0) is 0 Å². The number of nitrogens with one attached hydrogen (secondary N) is 1. The molecular formula is C17H38N2. The molecule has 2 nitrogen and oxygen atoms in total. The molecule has 0 aliphatic heterocycles. The van der Waals surface area contributed by atoms with Crippen molar-refractivity contribution in [3.05, 3.63) is 0 Å². The predicted molar refractivity (Wildman–Crippen MR) is 87.7 cm³/mol. The first-order chi connectivity index (χ1) is 9.12. The van der Waals surface area contributed by atoms with E-state index in [2.05, 4.69) is 51.8 Å². The molecule has 0 heterocycles. The van der Waals surface area contributed by atoms with E-state index in [1.807, 2.05) is 0 Å². The third-order valence-corrected chi connectivity index (χ3v) is 4.56. The first-order valence-electron chi connectivity index (χ1n) is 8.58. The molecule has 2 atom stereocenters. The molecule has 0 aromatic rings. The Morgan fingerprint density at radius 1 is 0.895 bits per heavy atom. The number of hydrogen-bond donors (Lipinski definition) is 1. The van der Waals surface area contributed by atoms with E-state index >= 15 is 0 Å². The first-order valence-corrected chi connectivity index (χ1v) is 8.58. The van der Waals surface area contributed by atoms with Gasteiger partial charge in [0.15, 0.2) is 0 Å². The minimum Gasteiger partial charge on any atom is -0.312 e. The Kier molecular flexibility index (Phi) is 11.7. The van der Waals surface area contributed by atoms with Gasteiger partial charge in [-0.05, 0) is 31.3 Å². The fourth-order valence-corrected chi connectivity index (χ4v) is 2.58. The Morgan fingerprint density at radius 2 is 1.53 bits per heavy atom. The van der Waals surface area contributed by atoms with Crippen molar-refractivity contribution >= 4 is 0 Å². The summed E-state index contributed by atoms with van der Waals surface area (Å²) in [7, 11) is 0. The molecule has 1 N–H and O–H groups in total. The molecular weight excluding hydrogens is 232 g/mol. The molecule has 0 amide bonds. The van der Waals surface area contributed by atoms with Gasteiger partial charge in [0, 0.05) is 19.1 Å². The molecule has 0 radical (unpaired) electrons. The van der Waals surface area contributed by atoms with E-state index in [-0.39, 0.29) is 0 Å². The number of hydrogen-bond acceptors (Lipinski definition) is 2. The van der Waals surface area contributed by atoms with Gasteiger partial charge in [-0.1, -0.05) is 60.8 Å². The largest absolute Gasteiger partial charge is 0.312 e. The van der Waals surface area contributed by atoms with E-state index in [9.17, 15) is 0 Å². The monoisotopic (exact) mass is 270 g/mol. The molecule has 0 aliphatic rings. The smallest absolute Gasteiger partial charge is 0.0220 e. The van der Waals surface area contributed by atoms with Crippen LogP contribution in [0.5, 0.6) is 0 Å². The molecule has 0 saturated carbocycles. The van der Waals surface area contributed by atoms with Crippen molar-refractivity contribution in [3.8, 4) is 0 Å². The van der Waals surface area contributed by atoms with E-state index in [1.165, 1.54) is 45.3 Å². The van der Waals surface area contributed by atoms with Crippen LogP contribution in [0.25, 0.3) is 0 Å². The third-order valence-electron chi connectivity index (χ3n) is 4.56. The summed E-state index contributed by atoms with van der Waals surface area (Å²) in [6.07, 6.45) is 5.11. The Balaban J connectivity index is 4.40. The highest BCUT2D eigenvalue weighted by molar-refractivity contribution is 4.77. The SMILES string of the molecule is CCCNC(CN(CC)CC(CC)CC)C(C)CC. The molecule has 0 bridgehead atoms. The summed E-state index contributed by atoms with van der Waals surface area (Å²) in [6.45, 7) is 18.7. The van der Waals surface area contributed by atoms with Crippen LogP contribution in [0.2, 0.25) is 0 Å². The molecule has 0 spiro atoms. The fraction of sp³-hybridized carbons (Fsp3) is 1.00. The van der Waals surface area contributed by atoms with Crippen molar-refractivity contribution < 1.29 is 0 Å². The second kappa shape index (κ2) is 11.7. The second-order valence-electron chi connectivity index (χ2n) is 5.98. The molecule has 0 aromatic carbocycles. The summed E-state index contributed by atoms with van der Waals surface area (Å²) in [5.41, 5.74) is 0. The van der Waals surface area contributed by atoms with Gasteiger partial charge in [0.05, 0.1) is 0 Å². The van der Waals surface area contributed by atoms with Crippen molar-refractivity contribution in [1.29, 1.82) is 0 Å². The van der Waals surface area contributed by atoms with E-state index < -0.39 is 0 Å². The molecule has 0 aromatic heterocycles. The van der Waals surface area contributed by atoms with Gasteiger partial charge in [-0.3, -0.25) is 0 Å². The normalized spacial score (nSPS) is 15.2. The molecule has 0 saturated heterocycles. The average molecular weight is 271 g/mol. The predicted octanol–water partition coefficient (Wildman–Crippen LogP) is 4.16. The summed E-state index contributed by atoms with van der Waals surface area (Å²) < 4.78 is 0. The van der Waals surface area contributed by atoms with Crippen molar-refractivity contribution in [2.24, 2.45) is 11.8 Å². The maximum Gasteiger partial charge on any atom is 0.0220 e. The molecule has 19 heavy (non-hydrogen) atoms. The number of nitrogens with zero attached hydrogens (tertiary/aromatic N) is 1. The number of likely N-dealkylation sites (N-methyl/N-ethyl adjacent to an activating group) is 1. The Bertz CT molecular complexity index is 190. The van der Waals surface area contributed by atoms with Crippen LogP contribution in [0.1, 0.15) is 67.2 Å². The summed E-state index contributed by atoms with van der Waals surface area (Å²) >= 11 is 0. The standard InChI is InChI=1S/C17H38N2/c1-7-12-18-17(15(6)8-2)14-19(11-5)13-16(9-3)10-4/h15-18H,7-14H2,1-6H3. The molecule has 0 aliphatic carbocycles. The van der Waals surface area contributed by atoms with Crippen LogP contribution in [-0.4, -0.2) is 37.1 Å². The van der Waals surface area contributed by atoms with Crippen LogP contribution in [0.15, 0.2) is 0 Å².